The summed E-state index contributed by atoms with van der Waals surface area (Å²) < 4.78 is 1.49. The van der Waals surface area contributed by atoms with Crippen LogP contribution in [0.15, 0.2) is 21.9 Å². The maximum Gasteiger partial charge on any atom is 0.328 e. The van der Waals surface area contributed by atoms with E-state index in [-0.39, 0.29) is 11.2 Å². The standard InChI is InChI=1S/C11H20N4O2/c1-14(2)7-3-5-12-6-9-15-8-4-10(16)13-11(15)17/h4,8,12H,3,5-7,9H2,1-2H3,(H,13,16,17). The molecule has 0 aliphatic carbocycles. The van der Waals surface area contributed by atoms with E-state index in [1.165, 1.54) is 16.8 Å². The van der Waals surface area contributed by atoms with E-state index in [4.69, 9.17) is 0 Å². The summed E-state index contributed by atoms with van der Waals surface area (Å²) in [7, 11) is 4.08. The molecular weight excluding hydrogens is 220 g/mol. The van der Waals surface area contributed by atoms with Gasteiger partial charge in [-0.2, -0.15) is 0 Å². The number of hydrogen-bond donors (Lipinski definition) is 2. The molecule has 0 fully saturated rings. The number of nitrogens with zero attached hydrogens (tertiary/aromatic N) is 2. The van der Waals surface area contributed by atoms with Crippen LogP contribution < -0.4 is 16.6 Å². The van der Waals surface area contributed by atoms with Crippen LogP contribution in [0.3, 0.4) is 0 Å². The maximum absolute atomic E-state index is 11.3. The second kappa shape index (κ2) is 7.03. The van der Waals surface area contributed by atoms with Crippen molar-refractivity contribution in [2.24, 2.45) is 0 Å². The third-order valence-electron chi connectivity index (χ3n) is 2.39. The monoisotopic (exact) mass is 240 g/mol. The minimum Gasteiger partial charge on any atom is -0.315 e. The number of aromatic nitrogens is 2. The molecule has 1 heterocycles. The smallest absolute Gasteiger partial charge is 0.315 e. The Balaban J connectivity index is 2.22. The van der Waals surface area contributed by atoms with Gasteiger partial charge in [0.25, 0.3) is 5.56 Å². The van der Waals surface area contributed by atoms with E-state index in [9.17, 15) is 9.59 Å². The van der Waals surface area contributed by atoms with Crippen molar-refractivity contribution in [3.63, 3.8) is 0 Å². The van der Waals surface area contributed by atoms with Crippen LogP contribution in [0.4, 0.5) is 0 Å². The lowest BCUT2D eigenvalue weighted by Crippen LogP contribution is -2.32. The van der Waals surface area contributed by atoms with Crippen molar-refractivity contribution in [3.8, 4) is 0 Å². The Hall–Kier alpha value is -1.40. The van der Waals surface area contributed by atoms with Crippen LogP contribution in [-0.2, 0) is 6.54 Å². The molecule has 0 spiro atoms. The molecule has 1 aromatic heterocycles. The van der Waals surface area contributed by atoms with E-state index >= 15 is 0 Å². The van der Waals surface area contributed by atoms with E-state index in [0.29, 0.717) is 6.54 Å². The second-order valence-corrected chi connectivity index (χ2v) is 4.21. The molecule has 0 amide bonds. The van der Waals surface area contributed by atoms with Crippen LogP contribution in [0.2, 0.25) is 0 Å². The summed E-state index contributed by atoms with van der Waals surface area (Å²) in [4.78, 5) is 26.5. The Labute approximate surface area is 100 Å². The summed E-state index contributed by atoms with van der Waals surface area (Å²) in [6.45, 7) is 3.26. The molecule has 0 saturated heterocycles. The van der Waals surface area contributed by atoms with Crippen molar-refractivity contribution in [1.82, 2.24) is 19.8 Å². The predicted octanol–water partition coefficient (Wildman–Crippen LogP) is -0.922. The van der Waals surface area contributed by atoms with Crippen LogP contribution in [-0.4, -0.2) is 48.2 Å². The molecule has 6 nitrogen and oxygen atoms in total. The highest BCUT2D eigenvalue weighted by atomic mass is 16.2. The number of rotatable bonds is 7. The largest absolute Gasteiger partial charge is 0.328 e. The molecule has 0 bridgehead atoms. The Kier molecular flexibility index (Phi) is 5.65. The van der Waals surface area contributed by atoms with Crippen molar-refractivity contribution in [3.05, 3.63) is 33.1 Å². The van der Waals surface area contributed by atoms with Gasteiger partial charge >= 0.3 is 5.69 Å². The van der Waals surface area contributed by atoms with Crippen LogP contribution in [0.25, 0.3) is 0 Å². The zero-order chi connectivity index (χ0) is 12.7. The molecule has 2 N–H and O–H groups in total. The van der Waals surface area contributed by atoms with Gasteiger partial charge in [-0.05, 0) is 33.6 Å². The summed E-state index contributed by atoms with van der Waals surface area (Å²) in [5.41, 5.74) is -0.710. The number of hydrogen-bond acceptors (Lipinski definition) is 4. The van der Waals surface area contributed by atoms with Crippen molar-refractivity contribution >= 4 is 0 Å². The molecule has 0 radical (unpaired) electrons. The van der Waals surface area contributed by atoms with Gasteiger partial charge in [-0.3, -0.25) is 14.3 Å². The third kappa shape index (κ3) is 5.46. The molecule has 0 aromatic carbocycles. The summed E-state index contributed by atoms with van der Waals surface area (Å²) >= 11 is 0. The molecule has 1 aromatic rings. The Morgan fingerprint density at radius 1 is 1.35 bits per heavy atom. The lowest BCUT2D eigenvalue weighted by atomic mass is 10.4. The third-order valence-corrected chi connectivity index (χ3v) is 2.39. The fourth-order valence-corrected chi connectivity index (χ4v) is 1.47. The second-order valence-electron chi connectivity index (χ2n) is 4.21. The van der Waals surface area contributed by atoms with Gasteiger partial charge in [0.05, 0.1) is 0 Å². The average Bonchev–Trinajstić information content (AvgIpc) is 2.25. The Morgan fingerprint density at radius 2 is 2.12 bits per heavy atom. The zero-order valence-electron chi connectivity index (χ0n) is 10.4. The molecular formula is C11H20N4O2. The molecule has 0 aliphatic heterocycles. The number of aromatic amines is 1. The van der Waals surface area contributed by atoms with Gasteiger partial charge in [0.2, 0.25) is 0 Å². The van der Waals surface area contributed by atoms with Crippen LogP contribution >= 0.6 is 0 Å². The first kappa shape index (κ1) is 13.7. The van der Waals surface area contributed by atoms with E-state index < -0.39 is 0 Å². The van der Waals surface area contributed by atoms with Crippen LogP contribution in [0.5, 0.6) is 0 Å². The average molecular weight is 240 g/mol. The highest BCUT2D eigenvalue weighted by molar-refractivity contribution is 4.82. The van der Waals surface area contributed by atoms with E-state index in [1.54, 1.807) is 0 Å². The van der Waals surface area contributed by atoms with Crippen molar-refractivity contribution < 1.29 is 0 Å². The van der Waals surface area contributed by atoms with Crippen LogP contribution in [0, 0.1) is 0 Å². The topological polar surface area (TPSA) is 70.1 Å². The van der Waals surface area contributed by atoms with Crippen molar-refractivity contribution in [2.75, 3.05) is 33.7 Å². The lowest BCUT2D eigenvalue weighted by molar-refractivity contribution is 0.393. The fraction of sp³-hybridized carbons (Fsp3) is 0.636. The fourth-order valence-electron chi connectivity index (χ4n) is 1.47. The predicted molar refractivity (Wildman–Crippen MR) is 67.4 cm³/mol. The van der Waals surface area contributed by atoms with E-state index in [0.717, 1.165) is 26.1 Å². The van der Waals surface area contributed by atoms with Gasteiger partial charge in [-0.25, -0.2) is 4.79 Å². The SMILES string of the molecule is CN(C)CCCNCCn1ccc(=O)[nH]c1=O. The van der Waals surface area contributed by atoms with Gasteiger partial charge in [0.15, 0.2) is 0 Å². The van der Waals surface area contributed by atoms with Gasteiger partial charge in [0, 0.05) is 25.4 Å². The number of nitrogens with one attached hydrogen (secondary N) is 2. The van der Waals surface area contributed by atoms with Gasteiger partial charge in [-0.15, -0.1) is 0 Å². The minimum absolute atomic E-state index is 0.354. The molecule has 0 saturated carbocycles. The van der Waals surface area contributed by atoms with Gasteiger partial charge in [-0.1, -0.05) is 0 Å². The number of H-pyrrole nitrogens is 1. The molecule has 0 unspecified atom stereocenters. The first-order valence-electron chi connectivity index (χ1n) is 5.75. The normalized spacial score (nSPS) is 11.0. The lowest BCUT2D eigenvalue weighted by Gasteiger charge is -2.10. The first-order chi connectivity index (χ1) is 8.09. The minimum atomic E-state index is -0.356. The van der Waals surface area contributed by atoms with E-state index in [2.05, 4.69) is 15.2 Å². The zero-order valence-corrected chi connectivity index (χ0v) is 10.4. The van der Waals surface area contributed by atoms with E-state index in [1.807, 2.05) is 14.1 Å². The molecule has 96 valence electrons. The van der Waals surface area contributed by atoms with Crippen molar-refractivity contribution in [1.29, 1.82) is 0 Å². The summed E-state index contributed by atoms with van der Waals surface area (Å²) in [6.07, 6.45) is 2.59. The summed E-state index contributed by atoms with van der Waals surface area (Å²) in [5.74, 6) is 0. The molecule has 0 atom stereocenters. The Morgan fingerprint density at radius 3 is 2.76 bits per heavy atom. The summed E-state index contributed by atoms with van der Waals surface area (Å²) in [5, 5.41) is 3.25. The maximum atomic E-state index is 11.3. The summed E-state index contributed by atoms with van der Waals surface area (Å²) in [6, 6.07) is 1.35. The first-order valence-corrected chi connectivity index (χ1v) is 5.75. The quantitative estimate of drug-likeness (QED) is 0.605. The van der Waals surface area contributed by atoms with Gasteiger partial charge in [0.1, 0.15) is 0 Å². The highest BCUT2D eigenvalue weighted by Gasteiger charge is 1.96. The Bertz CT molecular complexity index is 436. The molecule has 6 heteroatoms. The molecule has 1 rings (SSSR count). The highest BCUT2D eigenvalue weighted by Crippen LogP contribution is 1.81. The molecule has 17 heavy (non-hydrogen) atoms. The molecule has 0 aliphatic rings. The van der Waals surface area contributed by atoms with Crippen LogP contribution in [0.1, 0.15) is 6.42 Å². The van der Waals surface area contributed by atoms with Crippen molar-refractivity contribution in [2.45, 2.75) is 13.0 Å². The van der Waals surface area contributed by atoms with Gasteiger partial charge < -0.3 is 10.2 Å².